The lowest BCUT2D eigenvalue weighted by atomic mass is 10.2. The first-order valence-corrected chi connectivity index (χ1v) is 6.75. The van der Waals surface area contributed by atoms with Crippen molar-refractivity contribution in [3.8, 4) is 5.75 Å². The molecule has 0 atom stereocenters. The molecule has 0 saturated carbocycles. The van der Waals surface area contributed by atoms with Gasteiger partial charge in [0, 0.05) is 17.3 Å². The highest BCUT2D eigenvalue weighted by atomic mass is 16.5. The molecule has 5 heteroatoms. The number of para-hydroxylation sites is 1. The summed E-state index contributed by atoms with van der Waals surface area (Å²) < 4.78 is 5.60. The Kier molecular flexibility index (Phi) is 3.82. The summed E-state index contributed by atoms with van der Waals surface area (Å²) in [6.45, 7) is 1.16. The number of hydrogen-bond donors (Lipinski definition) is 2. The Hall–Kier alpha value is -2.82. The molecule has 3 rings (SSSR count). The van der Waals surface area contributed by atoms with Crippen molar-refractivity contribution in [1.29, 1.82) is 0 Å². The predicted octanol–water partition coefficient (Wildman–Crippen LogP) is 2.70. The molecule has 1 aromatic heterocycles. The fourth-order valence-electron chi connectivity index (χ4n) is 1.95. The predicted molar refractivity (Wildman–Crippen MR) is 84.4 cm³/mol. The molecule has 0 aliphatic rings. The molecule has 0 saturated heterocycles. The van der Waals surface area contributed by atoms with Gasteiger partial charge in [-0.05, 0) is 30.3 Å². The molecule has 3 N–H and O–H groups in total. The zero-order chi connectivity index (χ0) is 14.5. The second-order valence-electron chi connectivity index (χ2n) is 4.60. The number of fused-ring (bicyclic) bond motifs is 1. The van der Waals surface area contributed by atoms with Crippen LogP contribution in [0.5, 0.6) is 5.75 Å². The second-order valence-corrected chi connectivity index (χ2v) is 4.60. The van der Waals surface area contributed by atoms with Crippen LogP contribution >= 0.6 is 0 Å². The van der Waals surface area contributed by atoms with E-state index in [1.54, 1.807) is 0 Å². The monoisotopic (exact) mass is 280 g/mol. The van der Waals surface area contributed by atoms with Crippen molar-refractivity contribution in [2.75, 3.05) is 24.2 Å². The fourth-order valence-corrected chi connectivity index (χ4v) is 1.95. The van der Waals surface area contributed by atoms with Crippen LogP contribution in [0.3, 0.4) is 0 Å². The maximum atomic E-state index is 5.62. The van der Waals surface area contributed by atoms with Gasteiger partial charge in [-0.1, -0.05) is 18.2 Å². The first-order chi connectivity index (χ1) is 10.3. The minimum atomic E-state index is 0.528. The van der Waals surface area contributed by atoms with E-state index in [0.29, 0.717) is 19.1 Å². The van der Waals surface area contributed by atoms with Gasteiger partial charge in [0.25, 0.3) is 0 Å². The van der Waals surface area contributed by atoms with Crippen LogP contribution in [0.4, 0.5) is 11.6 Å². The zero-order valence-electron chi connectivity index (χ0n) is 11.5. The van der Waals surface area contributed by atoms with Gasteiger partial charge >= 0.3 is 0 Å². The molecule has 21 heavy (non-hydrogen) atoms. The van der Waals surface area contributed by atoms with Gasteiger partial charge in [0.2, 0.25) is 5.95 Å². The average Bonchev–Trinajstić information content (AvgIpc) is 2.53. The number of nitrogens with one attached hydrogen (secondary N) is 1. The molecule has 2 aromatic carbocycles. The minimum absolute atomic E-state index is 0.528. The maximum absolute atomic E-state index is 5.62. The van der Waals surface area contributed by atoms with E-state index in [1.807, 2.05) is 54.7 Å². The number of hydrogen-bond acceptors (Lipinski definition) is 5. The van der Waals surface area contributed by atoms with Crippen LogP contribution in [-0.2, 0) is 0 Å². The molecule has 0 fully saturated rings. The average molecular weight is 280 g/mol. The first kappa shape index (κ1) is 13.2. The quantitative estimate of drug-likeness (QED) is 0.555. The summed E-state index contributed by atoms with van der Waals surface area (Å²) >= 11 is 0. The summed E-state index contributed by atoms with van der Waals surface area (Å²) in [4.78, 5) is 8.71. The summed E-state index contributed by atoms with van der Waals surface area (Å²) in [6.07, 6.45) is 1.81. The molecule has 0 bridgehead atoms. The van der Waals surface area contributed by atoms with Crippen LogP contribution in [0.25, 0.3) is 10.9 Å². The van der Waals surface area contributed by atoms with Gasteiger partial charge in [-0.2, -0.15) is 0 Å². The molecule has 106 valence electrons. The third kappa shape index (κ3) is 3.39. The van der Waals surface area contributed by atoms with Crippen LogP contribution < -0.4 is 15.8 Å². The third-order valence-electron chi connectivity index (χ3n) is 3.02. The van der Waals surface area contributed by atoms with E-state index in [-0.39, 0.29) is 0 Å². The number of anilines is 2. The van der Waals surface area contributed by atoms with E-state index in [1.165, 1.54) is 0 Å². The summed E-state index contributed by atoms with van der Waals surface area (Å²) in [5.41, 5.74) is 7.27. The van der Waals surface area contributed by atoms with Crippen molar-refractivity contribution in [1.82, 2.24) is 9.97 Å². The van der Waals surface area contributed by atoms with Crippen molar-refractivity contribution >= 4 is 22.5 Å². The number of aromatic nitrogens is 2. The highest BCUT2D eigenvalue weighted by molar-refractivity contribution is 5.78. The van der Waals surface area contributed by atoms with Crippen molar-refractivity contribution in [3.63, 3.8) is 0 Å². The highest BCUT2D eigenvalue weighted by Crippen LogP contribution is 2.13. The smallest absolute Gasteiger partial charge is 0.223 e. The molecule has 3 aromatic rings. The van der Waals surface area contributed by atoms with E-state index in [4.69, 9.17) is 10.5 Å². The Morgan fingerprint density at radius 3 is 2.71 bits per heavy atom. The Morgan fingerprint density at radius 2 is 1.86 bits per heavy atom. The van der Waals surface area contributed by atoms with Crippen molar-refractivity contribution in [2.45, 2.75) is 0 Å². The van der Waals surface area contributed by atoms with Crippen LogP contribution in [0.15, 0.2) is 54.7 Å². The van der Waals surface area contributed by atoms with Crippen molar-refractivity contribution in [2.24, 2.45) is 0 Å². The topological polar surface area (TPSA) is 73.1 Å². The molecule has 0 aliphatic carbocycles. The first-order valence-electron chi connectivity index (χ1n) is 6.75. The minimum Gasteiger partial charge on any atom is -0.492 e. The molecular formula is C16H16N4O. The van der Waals surface area contributed by atoms with E-state index >= 15 is 0 Å². The van der Waals surface area contributed by atoms with Gasteiger partial charge < -0.3 is 15.8 Å². The normalized spacial score (nSPS) is 10.5. The lowest BCUT2D eigenvalue weighted by molar-refractivity contribution is 0.332. The number of ether oxygens (including phenoxy) is 1. The van der Waals surface area contributed by atoms with E-state index in [2.05, 4.69) is 15.3 Å². The molecular weight excluding hydrogens is 264 g/mol. The maximum Gasteiger partial charge on any atom is 0.223 e. The number of nitrogens with zero attached hydrogens (tertiary/aromatic N) is 2. The summed E-state index contributed by atoms with van der Waals surface area (Å²) in [7, 11) is 0. The SMILES string of the molecule is Nc1ccc(OCCNc2ncc3ccccc3n2)cc1. The van der Waals surface area contributed by atoms with E-state index in [0.717, 1.165) is 22.3 Å². The van der Waals surface area contributed by atoms with Crippen molar-refractivity contribution in [3.05, 3.63) is 54.7 Å². The van der Waals surface area contributed by atoms with Gasteiger partial charge in [-0.3, -0.25) is 0 Å². The number of rotatable bonds is 5. The van der Waals surface area contributed by atoms with E-state index in [9.17, 15) is 0 Å². The van der Waals surface area contributed by atoms with Crippen molar-refractivity contribution < 1.29 is 4.74 Å². The van der Waals surface area contributed by atoms with Crippen LogP contribution in [0.2, 0.25) is 0 Å². The molecule has 0 radical (unpaired) electrons. The lowest BCUT2D eigenvalue weighted by Crippen LogP contribution is -2.13. The molecule has 0 aliphatic heterocycles. The molecule has 0 unspecified atom stereocenters. The fraction of sp³-hybridized carbons (Fsp3) is 0.125. The summed E-state index contributed by atoms with van der Waals surface area (Å²) in [5.74, 6) is 1.40. The Bertz CT molecular complexity index is 728. The second kappa shape index (κ2) is 6.09. The Morgan fingerprint density at radius 1 is 1.05 bits per heavy atom. The largest absolute Gasteiger partial charge is 0.492 e. The molecule has 5 nitrogen and oxygen atoms in total. The third-order valence-corrected chi connectivity index (χ3v) is 3.02. The Balaban J connectivity index is 1.53. The zero-order valence-corrected chi connectivity index (χ0v) is 11.5. The standard InChI is InChI=1S/C16H16N4O/c17-13-5-7-14(8-6-13)21-10-9-18-16-19-11-12-3-1-2-4-15(12)20-16/h1-8,11H,9-10,17H2,(H,18,19,20). The van der Waals surface area contributed by atoms with Crippen LogP contribution in [0, 0.1) is 0 Å². The number of nitrogen functional groups attached to an aromatic ring is 1. The van der Waals surface area contributed by atoms with Gasteiger partial charge in [0.1, 0.15) is 12.4 Å². The van der Waals surface area contributed by atoms with Crippen LogP contribution in [-0.4, -0.2) is 23.1 Å². The lowest BCUT2D eigenvalue weighted by Gasteiger charge is -2.08. The van der Waals surface area contributed by atoms with Gasteiger partial charge in [-0.25, -0.2) is 9.97 Å². The number of nitrogens with two attached hydrogens (primary N) is 1. The Labute approximate surface area is 122 Å². The number of benzene rings is 2. The van der Waals surface area contributed by atoms with E-state index < -0.39 is 0 Å². The summed E-state index contributed by atoms with van der Waals surface area (Å²) in [5, 5.41) is 4.18. The molecule has 0 spiro atoms. The molecule has 1 heterocycles. The van der Waals surface area contributed by atoms with Gasteiger partial charge in [0.15, 0.2) is 0 Å². The van der Waals surface area contributed by atoms with Crippen LogP contribution in [0.1, 0.15) is 0 Å². The van der Waals surface area contributed by atoms with Gasteiger partial charge in [-0.15, -0.1) is 0 Å². The molecule has 0 amide bonds. The van der Waals surface area contributed by atoms with Gasteiger partial charge in [0.05, 0.1) is 12.1 Å². The highest BCUT2D eigenvalue weighted by Gasteiger charge is 1.99. The summed E-state index contributed by atoms with van der Waals surface area (Å²) in [6, 6.07) is 15.2.